The molecule has 0 unspecified atom stereocenters. The number of fused-ring (bicyclic) bond motifs is 2. The van der Waals surface area contributed by atoms with Crippen LogP contribution in [0.2, 0.25) is 10.0 Å². The molecule has 5 rings (SSSR count). The molecule has 38 heavy (non-hydrogen) atoms. The lowest BCUT2D eigenvalue weighted by Crippen LogP contribution is -2.27. The molecule has 0 spiro atoms. The minimum Gasteiger partial charge on any atom is -0.345 e. The molecule has 1 aliphatic rings. The summed E-state index contributed by atoms with van der Waals surface area (Å²) in [6.45, 7) is 0. The van der Waals surface area contributed by atoms with Crippen LogP contribution in [0.25, 0.3) is 22.3 Å². The van der Waals surface area contributed by atoms with Crippen LogP contribution in [-0.4, -0.2) is 21.8 Å². The first-order valence-corrected chi connectivity index (χ1v) is 13.2. The zero-order valence-electron chi connectivity index (χ0n) is 20.4. The van der Waals surface area contributed by atoms with Gasteiger partial charge < -0.3 is 5.32 Å². The zero-order chi connectivity index (χ0) is 26.6. The van der Waals surface area contributed by atoms with Gasteiger partial charge in [0.2, 0.25) is 0 Å². The molecule has 1 atom stereocenters. The monoisotopic (exact) mass is 546 g/mol. The van der Waals surface area contributed by atoms with E-state index in [0.29, 0.717) is 51.6 Å². The fraction of sp³-hybridized carbons (Fsp3) is 0.241. The smallest absolute Gasteiger partial charge is 0.286 e. The average molecular weight is 547 g/mol. The summed E-state index contributed by atoms with van der Waals surface area (Å²) in [5.74, 6) is -0.833. The number of unbranched alkanes of at least 4 members (excludes halogenated alkanes) is 1. The van der Waals surface area contributed by atoms with Crippen LogP contribution in [0.3, 0.4) is 0 Å². The van der Waals surface area contributed by atoms with Crippen LogP contribution in [0.5, 0.6) is 0 Å². The third-order valence-electron chi connectivity index (χ3n) is 6.76. The highest BCUT2D eigenvalue weighted by atomic mass is 35.5. The van der Waals surface area contributed by atoms with Crippen LogP contribution < -0.4 is 5.32 Å². The topological polar surface area (TPSA) is 101 Å². The molecule has 3 aromatic carbocycles. The number of rotatable bonds is 8. The highest BCUT2D eigenvalue weighted by Crippen LogP contribution is 2.33. The van der Waals surface area contributed by atoms with E-state index in [4.69, 9.17) is 33.2 Å². The number of benzene rings is 3. The van der Waals surface area contributed by atoms with Gasteiger partial charge in [-0.2, -0.15) is 0 Å². The Morgan fingerprint density at radius 3 is 2.50 bits per heavy atom. The molecular weight excluding hydrogens is 523 g/mol. The predicted octanol–water partition coefficient (Wildman–Crippen LogP) is 7.03. The molecule has 0 fully saturated rings. The molecule has 2 amide bonds. The number of hydrogen-bond donors (Lipinski definition) is 1. The Bertz CT molecular complexity index is 1540. The Morgan fingerprint density at radius 1 is 0.921 bits per heavy atom. The first-order chi connectivity index (χ1) is 18.4. The van der Waals surface area contributed by atoms with Crippen molar-refractivity contribution < 1.29 is 9.59 Å². The molecule has 0 aliphatic heterocycles. The van der Waals surface area contributed by atoms with Gasteiger partial charge in [0.25, 0.3) is 11.8 Å². The number of halogens is 2. The SMILES string of the molecule is O=NC(=O)CCCCc1nc2cc(C(=O)N[C@@H]3CCc4cc(Cl)ccc43)ccc2nc1-c1ccc(Cl)cc1. The van der Waals surface area contributed by atoms with Crippen molar-refractivity contribution in [2.24, 2.45) is 5.18 Å². The third-order valence-corrected chi connectivity index (χ3v) is 7.25. The molecule has 1 aliphatic carbocycles. The maximum Gasteiger partial charge on any atom is 0.286 e. The number of carbonyl (C=O) groups excluding carboxylic acids is 2. The summed E-state index contributed by atoms with van der Waals surface area (Å²) < 4.78 is 0. The standard InChI is InChI=1S/C29H24Cl2N4O3/c30-20-9-5-17(6-10-20)28-25(3-1-2-4-27(36)35-38)32-26-16-19(8-14-24(26)33-28)29(37)34-23-13-7-18-15-21(31)11-12-22(18)23/h5-6,8-12,14-16,23H,1-4,7,13H2,(H,34,37)/t23-/m1/s1. The zero-order valence-corrected chi connectivity index (χ0v) is 21.9. The second-order valence-electron chi connectivity index (χ2n) is 9.33. The number of aryl methyl sites for hydroxylation is 2. The van der Waals surface area contributed by atoms with E-state index in [1.807, 2.05) is 30.3 Å². The van der Waals surface area contributed by atoms with Gasteiger partial charge in [-0.15, -0.1) is 4.91 Å². The number of nitroso groups, excluding NO2 is 1. The quantitative estimate of drug-likeness (QED) is 0.189. The number of amides is 2. The summed E-state index contributed by atoms with van der Waals surface area (Å²) in [6.07, 6.45) is 3.49. The summed E-state index contributed by atoms with van der Waals surface area (Å²) in [4.78, 5) is 44.5. The molecule has 4 aromatic rings. The largest absolute Gasteiger partial charge is 0.345 e. The molecule has 0 bridgehead atoms. The third kappa shape index (κ3) is 5.74. The average Bonchev–Trinajstić information content (AvgIpc) is 3.31. The van der Waals surface area contributed by atoms with Crippen LogP contribution in [-0.2, 0) is 17.6 Å². The van der Waals surface area contributed by atoms with Gasteiger partial charge in [0.15, 0.2) is 0 Å². The van der Waals surface area contributed by atoms with Gasteiger partial charge in [-0.3, -0.25) is 9.59 Å². The van der Waals surface area contributed by atoms with E-state index in [1.54, 1.807) is 30.3 Å². The lowest BCUT2D eigenvalue weighted by Gasteiger charge is -2.15. The Hall–Kier alpha value is -3.68. The Kier molecular flexibility index (Phi) is 7.77. The summed E-state index contributed by atoms with van der Waals surface area (Å²) in [6, 6.07) is 18.4. The van der Waals surface area contributed by atoms with Gasteiger partial charge in [-0.25, -0.2) is 9.97 Å². The molecule has 1 N–H and O–H groups in total. The molecule has 0 saturated heterocycles. The first kappa shape index (κ1) is 25.9. The molecule has 9 heteroatoms. The molecular formula is C29H24Cl2N4O3. The Morgan fingerprint density at radius 2 is 1.71 bits per heavy atom. The fourth-order valence-electron chi connectivity index (χ4n) is 4.84. The summed E-state index contributed by atoms with van der Waals surface area (Å²) >= 11 is 12.2. The Balaban J connectivity index is 1.41. The summed E-state index contributed by atoms with van der Waals surface area (Å²) in [5.41, 5.74) is 6.36. The van der Waals surface area contributed by atoms with Crippen LogP contribution in [0.15, 0.2) is 65.8 Å². The fourth-order valence-corrected chi connectivity index (χ4v) is 5.16. The van der Waals surface area contributed by atoms with Crippen LogP contribution in [0.1, 0.15) is 58.9 Å². The summed E-state index contributed by atoms with van der Waals surface area (Å²) in [7, 11) is 0. The van der Waals surface area contributed by atoms with E-state index >= 15 is 0 Å². The molecule has 1 aromatic heterocycles. The van der Waals surface area contributed by atoms with Crippen molar-refractivity contribution in [2.75, 3.05) is 0 Å². The van der Waals surface area contributed by atoms with Crippen molar-refractivity contribution >= 4 is 46.0 Å². The highest BCUT2D eigenvalue weighted by molar-refractivity contribution is 6.31. The highest BCUT2D eigenvalue weighted by Gasteiger charge is 2.25. The second kappa shape index (κ2) is 11.4. The number of nitrogens with one attached hydrogen (secondary N) is 1. The maximum atomic E-state index is 13.2. The minimum atomic E-state index is -0.656. The normalized spacial score (nSPS) is 14.3. The minimum absolute atomic E-state index is 0.0667. The molecule has 0 saturated carbocycles. The number of hydrogen-bond acceptors (Lipinski definition) is 5. The van der Waals surface area contributed by atoms with E-state index in [0.717, 1.165) is 35.2 Å². The lowest BCUT2D eigenvalue weighted by molar-refractivity contribution is -0.118. The van der Waals surface area contributed by atoms with Gasteiger partial charge in [-0.1, -0.05) is 41.4 Å². The van der Waals surface area contributed by atoms with Gasteiger partial charge in [-0.05, 0) is 85.7 Å². The Labute approximate surface area is 229 Å². The number of aromatic nitrogens is 2. The van der Waals surface area contributed by atoms with Crippen LogP contribution in [0, 0.1) is 4.91 Å². The van der Waals surface area contributed by atoms with Crippen molar-refractivity contribution in [3.8, 4) is 11.3 Å². The molecule has 7 nitrogen and oxygen atoms in total. The van der Waals surface area contributed by atoms with E-state index in [-0.39, 0.29) is 18.4 Å². The maximum absolute atomic E-state index is 13.2. The van der Waals surface area contributed by atoms with Gasteiger partial charge in [0, 0.05) is 32.8 Å². The predicted molar refractivity (Wildman–Crippen MR) is 148 cm³/mol. The van der Waals surface area contributed by atoms with Crippen molar-refractivity contribution in [3.05, 3.63) is 98.0 Å². The molecule has 1 heterocycles. The van der Waals surface area contributed by atoms with E-state index in [2.05, 4.69) is 10.5 Å². The van der Waals surface area contributed by atoms with Gasteiger partial charge in [0.05, 0.1) is 28.5 Å². The molecule has 0 radical (unpaired) electrons. The van der Waals surface area contributed by atoms with Crippen molar-refractivity contribution in [1.29, 1.82) is 0 Å². The number of carbonyl (C=O) groups is 2. The van der Waals surface area contributed by atoms with Crippen LogP contribution >= 0.6 is 23.2 Å². The van der Waals surface area contributed by atoms with E-state index in [1.165, 1.54) is 0 Å². The van der Waals surface area contributed by atoms with Gasteiger partial charge in [0.1, 0.15) is 0 Å². The van der Waals surface area contributed by atoms with Crippen molar-refractivity contribution in [1.82, 2.24) is 15.3 Å². The van der Waals surface area contributed by atoms with Crippen LogP contribution in [0.4, 0.5) is 0 Å². The van der Waals surface area contributed by atoms with Crippen molar-refractivity contribution in [2.45, 2.75) is 44.6 Å². The first-order valence-electron chi connectivity index (χ1n) is 12.4. The lowest BCUT2D eigenvalue weighted by atomic mass is 10.0. The summed E-state index contributed by atoms with van der Waals surface area (Å²) in [5, 5.41) is 6.91. The second-order valence-corrected chi connectivity index (χ2v) is 10.2. The van der Waals surface area contributed by atoms with Crippen molar-refractivity contribution in [3.63, 3.8) is 0 Å². The van der Waals surface area contributed by atoms with E-state index < -0.39 is 5.91 Å². The molecule has 192 valence electrons. The van der Waals surface area contributed by atoms with E-state index in [9.17, 15) is 14.5 Å². The number of nitrogens with zero attached hydrogens (tertiary/aromatic N) is 3. The van der Waals surface area contributed by atoms with Gasteiger partial charge >= 0.3 is 0 Å².